The van der Waals surface area contributed by atoms with Gasteiger partial charge in [-0.15, -0.1) is 0 Å². The van der Waals surface area contributed by atoms with Crippen molar-refractivity contribution in [2.75, 3.05) is 23.4 Å². The zero-order chi connectivity index (χ0) is 27.2. The first-order valence-electron chi connectivity index (χ1n) is 11.4. The summed E-state index contributed by atoms with van der Waals surface area (Å²) in [5.74, 6) is -1.55. The molecule has 0 saturated carbocycles. The molecular formula is C27H21BrFN3O6. The standard InChI is InChI=1S/C27H21BrFN3O6/c1-2-37-20-10-8-19(9-11-20)32-26(35)21(25(34)31-27(32)36)13-16-3-12-23(22(28)14-16)38-15-24(33)30-18-6-4-17(29)5-7-18/h3-14H,2,15H2,1H3,(H,30,33)(H,31,34,36)/b21-13+. The normalized spacial score (nSPS) is 14.3. The lowest BCUT2D eigenvalue weighted by atomic mass is 10.1. The molecule has 5 amide bonds. The van der Waals surface area contributed by atoms with E-state index < -0.39 is 29.6 Å². The van der Waals surface area contributed by atoms with Gasteiger partial charge in [0.15, 0.2) is 6.61 Å². The van der Waals surface area contributed by atoms with E-state index in [9.17, 15) is 23.6 Å². The van der Waals surface area contributed by atoms with E-state index in [0.717, 1.165) is 4.90 Å². The Labute approximate surface area is 225 Å². The molecule has 0 radical (unpaired) electrons. The first-order valence-corrected chi connectivity index (χ1v) is 12.2. The zero-order valence-corrected chi connectivity index (χ0v) is 21.6. The van der Waals surface area contributed by atoms with Crippen LogP contribution >= 0.6 is 15.9 Å². The Balaban J connectivity index is 1.46. The van der Waals surface area contributed by atoms with Crippen molar-refractivity contribution < 1.29 is 33.0 Å². The minimum absolute atomic E-state index is 0.238. The van der Waals surface area contributed by atoms with Gasteiger partial charge in [0.1, 0.15) is 22.9 Å². The number of nitrogens with one attached hydrogen (secondary N) is 2. The van der Waals surface area contributed by atoms with Gasteiger partial charge >= 0.3 is 6.03 Å². The lowest BCUT2D eigenvalue weighted by Gasteiger charge is -2.26. The molecule has 2 N–H and O–H groups in total. The van der Waals surface area contributed by atoms with Crippen molar-refractivity contribution >= 4 is 57.1 Å². The number of imide groups is 2. The van der Waals surface area contributed by atoms with E-state index in [2.05, 4.69) is 26.6 Å². The van der Waals surface area contributed by atoms with Crippen LogP contribution in [-0.4, -0.2) is 37.0 Å². The largest absolute Gasteiger partial charge is 0.494 e. The molecule has 1 aliphatic rings. The summed E-state index contributed by atoms with van der Waals surface area (Å²) >= 11 is 3.36. The molecule has 0 aliphatic carbocycles. The average molecular weight is 582 g/mol. The number of carbonyl (C=O) groups is 4. The molecule has 0 bridgehead atoms. The molecule has 11 heteroatoms. The molecule has 4 rings (SSSR count). The maximum atomic E-state index is 13.1. The fraction of sp³-hybridized carbons (Fsp3) is 0.111. The van der Waals surface area contributed by atoms with Crippen molar-refractivity contribution in [3.63, 3.8) is 0 Å². The summed E-state index contributed by atoms with van der Waals surface area (Å²) < 4.78 is 24.4. The maximum Gasteiger partial charge on any atom is 0.335 e. The fourth-order valence-corrected chi connectivity index (χ4v) is 4.03. The molecule has 1 fully saturated rings. The van der Waals surface area contributed by atoms with E-state index >= 15 is 0 Å². The van der Waals surface area contributed by atoms with Crippen LogP contribution in [0.3, 0.4) is 0 Å². The Bertz CT molecular complexity index is 1420. The van der Waals surface area contributed by atoms with Crippen LogP contribution in [0.15, 0.2) is 76.8 Å². The monoisotopic (exact) mass is 581 g/mol. The van der Waals surface area contributed by atoms with E-state index in [1.54, 1.807) is 42.5 Å². The van der Waals surface area contributed by atoms with Gasteiger partial charge in [0.05, 0.1) is 16.8 Å². The van der Waals surface area contributed by atoms with Gasteiger partial charge in [-0.1, -0.05) is 6.07 Å². The second-order valence-corrected chi connectivity index (χ2v) is 8.77. The molecule has 0 atom stereocenters. The Morgan fingerprint density at radius 2 is 1.74 bits per heavy atom. The molecule has 1 saturated heterocycles. The molecule has 1 aliphatic heterocycles. The quantitative estimate of drug-likeness (QED) is 0.295. The first kappa shape index (κ1) is 26.6. The molecular weight excluding hydrogens is 561 g/mol. The van der Waals surface area contributed by atoms with Gasteiger partial charge < -0.3 is 14.8 Å². The summed E-state index contributed by atoms with van der Waals surface area (Å²) in [7, 11) is 0. The average Bonchev–Trinajstić information content (AvgIpc) is 2.88. The highest BCUT2D eigenvalue weighted by Crippen LogP contribution is 2.29. The first-order chi connectivity index (χ1) is 18.2. The summed E-state index contributed by atoms with van der Waals surface area (Å²) in [6, 6.07) is 15.5. The smallest absolute Gasteiger partial charge is 0.335 e. The number of barbiturate groups is 1. The number of amides is 5. The van der Waals surface area contributed by atoms with Crippen molar-refractivity contribution in [1.29, 1.82) is 0 Å². The van der Waals surface area contributed by atoms with Gasteiger partial charge in [0.25, 0.3) is 17.7 Å². The highest BCUT2D eigenvalue weighted by Gasteiger charge is 2.36. The van der Waals surface area contributed by atoms with Crippen LogP contribution < -0.4 is 25.0 Å². The van der Waals surface area contributed by atoms with Crippen LogP contribution in [0.25, 0.3) is 6.08 Å². The summed E-state index contributed by atoms with van der Waals surface area (Å²) in [4.78, 5) is 51.0. The van der Waals surface area contributed by atoms with E-state index in [1.165, 1.54) is 30.3 Å². The van der Waals surface area contributed by atoms with Crippen LogP contribution in [0.1, 0.15) is 12.5 Å². The summed E-state index contributed by atoms with van der Waals surface area (Å²) in [5.41, 5.74) is 0.935. The topological polar surface area (TPSA) is 114 Å². The van der Waals surface area contributed by atoms with Gasteiger partial charge in [-0.25, -0.2) is 14.1 Å². The number of halogens is 2. The Morgan fingerprint density at radius 3 is 2.39 bits per heavy atom. The van der Waals surface area contributed by atoms with Crippen molar-refractivity contribution in [3.8, 4) is 11.5 Å². The van der Waals surface area contributed by atoms with E-state index in [1.807, 2.05) is 6.92 Å². The van der Waals surface area contributed by atoms with E-state index in [4.69, 9.17) is 9.47 Å². The van der Waals surface area contributed by atoms with E-state index in [-0.39, 0.29) is 17.9 Å². The predicted molar refractivity (Wildman–Crippen MR) is 141 cm³/mol. The van der Waals surface area contributed by atoms with Gasteiger partial charge in [0.2, 0.25) is 0 Å². The molecule has 0 spiro atoms. The molecule has 0 aromatic heterocycles. The Kier molecular flexibility index (Phi) is 8.17. The van der Waals surface area contributed by atoms with Crippen molar-refractivity contribution in [2.24, 2.45) is 0 Å². The third-order valence-electron chi connectivity index (χ3n) is 5.26. The number of hydrogen-bond donors (Lipinski definition) is 2. The number of benzene rings is 3. The maximum absolute atomic E-state index is 13.1. The third kappa shape index (κ3) is 6.24. The highest BCUT2D eigenvalue weighted by molar-refractivity contribution is 9.10. The molecule has 3 aromatic carbocycles. The molecule has 3 aromatic rings. The fourth-order valence-electron chi connectivity index (χ4n) is 3.51. The van der Waals surface area contributed by atoms with Gasteiger partial charge in [-0.2, -0.15) is 0 Å². The lowest BCUT2D eigenvalue weighted by molar-refractivity contribution is -0.122. The Morgan fingerprint density at radius 1 is 1.03 bits per heavy atom. The predicted octanol–water partition coefficient (Wildman–Crippen LogP) is 4.67. The number of urea groups is 1. The second kappa shape index (κ2) is 11.7. The highest BCUT2D eigenvalue weighted by atomic mass is 79.9. The van der Waals surface area contributed by atoms with Crippen LogP contribution in [-0.2, 0) is 14.4 Å². The van der Waals surface area contributed by atoms with E-state index in [0.29, 0.717) is 33.8 Å². The van der Waals surface area contributed by atoms with Gasteiger partial charge in [-0.3, -0.25) is 19.7 Å². The van der Waals surface area contributed by atoms with Crippen LogP contribution in [0.4, 0.5) is 20.6 Å². The summed E-state index contributed by atoms with van der Waals surface area (Å²) in [6.45, 7) is 1.99. The van der Waals surface area contributed by atoms with Crippen LogP contribution in [0, 0.1) is 5.82 Å². The van der Waals surface area contributed by atoms with Crippen LogP contribution in [0.5, 0.6) is 11.5 Å². The number of rotatable bonds is 8. The van der Waals surface area contributed by atoms with Gasteiger partial charge in [0, 0.05) is 5.69 Å². The number of hydrogen-bond acceptors (Lipinski definition) is 6. The molecule has 1 heterocycles. The third-order valence-corrected chi connectivity index (χ3v) is 5.88. The molecule has 9 nitrogen and oxygen atoms in total. The molecule has 0 unspecified atom stereocenters. The summed E-state index contributed by atoms with van der Waals surface area (Å²) in [6.07, 6.45) is 1.35. The van der Waals surface area contributed by atoms with Crippen LogP contribution in [0.2, 0.25) is 0 Å². The number of nitrogens with zero attached hydrogens (tertiary/aromatic N) is 1. The number of anilines is 2. The number of ether oxygens (including phenoxy) is 2. The minimum Gasteiger partial charge on any atom is -0.494 e. The SMILES string of the molecule is CCOc1ccc(N2C(=O)NC(=O)/C(=C\c3ccc(OCC(=O)Nc4ccc(F)cc4)c(Br)c3)C2=O)cc1. The lowest BCUT2D eigenvalue weighted by Crippen LogP contribution is -2.54. The van der Waals surface area contributed by atoms with Crippen molar-refractivity contribution in [2.45, 2.75) is 6.92 Å². The molecule has 194 valence electrons. The second-order valence-electron chi connectivity index (χ2n) is 7.92. The summed E-state index contributed by atoms with van der Waals surface area (Å²) in [5, 5.41) is 4.76. The van der Waals surface area contributed by atoms with Crippen molar-refractivity contribution in [1.82, 2.24) is 5.32 Å². The molecule has 38 heavy (non-hydrogen) atoms. The minimum atomic E-state index is -0.856. The van der Waals surface area contributed by atoms with Gasteiger partial charge in [-0.05, 0) is 95.2 Å². The number of carbonyl (C=O) groups excluding carboxylic acids is 4. The Hall–Kier alpha value is -4.51. The zero-order valence-electron chi connectivity index (χ0n) is 20.0. The van der Waals surface area contributed by atoms with Crippen molar-refractivity contribution in [3.05, 3.63) is 88.2 Å².